The fourth-order valence-electron chi connectivity index (χ4n) is 1.71. The number of carbonyl (C=O) groups is 1. The van der Waals surface area contributed by atoms with E-state index in [-0.39, 0.29) is 6.04 Å². The van der Waals surface area contributed by atoms with E-state index in [1.54, 1.807) is 0 Å². The van der Waals surface area contributed by atoms with E-state index >= 15 is 0 Å². The van der Waals surface area contributed by atoms with E-state index in [1.165, 1.54) is 4.90 Å². The van der Waals surface area contributed by atoms with Crippen LogP contribution in [0.3, 0.4) is 0 Å². The van der Waals surface area contributed by atoms with Crippen LogP contribution in [0.25, 0.3) is 0 Å². The minimum atomic E-state index is -4.42. The molecular formula is C10H15ClF3NO. The molecule has 0 unspecified atom stereocenters. The molecule has 0 saturated heterocycles. The Bertz CT molecular complexity index is 241. The van der Waals surface area contributed by atoms with Gasteiger partial charge in [0.2, 0.25) is 5.91 Å². The molecule has 1 fully saturated rings. The lowest BCUT2D eigenvalue weighted by molar-refractivity contribution is -0.164. The molecule has 1 amide bonds. The Hall–Kier alpha value is -0.450. The lowest BCUT2D eigenvalue weighted by Crippen LogP contribution is -2.46. The Morgan fingerprint density at radius 1 is 1.38 bits per heavy atom. The second kappa shape index (κ2) is 5.75. The van der Waals surface area contributed by atoms with Crippen molar-refractivity contribution in [2.24, 2.45) is 0 Å². The van der Waals surface area contributed by atoms with Gasteiger partial charge in [-0.1, -0.05) is 0 Å². The van der Waals surface area contributed by atoms with Gasteiger partial charge in [0.1, 0.15) is 6.42 Å². The average molecular weight is 258 g/mol. The van der Waals surface area contributed by atoms with Crippen LogP contribution in [0, 0.1) is 0 Å². The van der Waals surface area contributed by atoms with Crippen LogP contribution < -0.4 is 0 Å². The van der Waals surface area contributed by atoms with E-state index in [4.69, 9.17) is 11.6 Å². The van der Waals surface area contributed by atoms with Gasteiger partial charge >= 0.3 is 6.18 Å². The average Bonchev–Trinajstić information content (AvgIpc) is 2.05. The molecule has 0 spiro atoms. The smallest absolute Gasteiger partial charge is 0.339 e. The van der Waals surface area contributed by atoms with Gasteiger partial charge in [0.05, 0.1) is 0 Å². The molecule has 94 valence electrons. The SMILES string of the molecule is O=C(CC(F)(F)F)N(CCCCl)C1CCC1. The summed E-state index contributed by atoms with van der Waals surface area (Å²) in [5, 5.41) is 0. The lowest BCUT2D eigenvalue weighted by Gasteiger charge is -2.37. The topological polar surface area (TPSA) is 20.3 Å². The largest absolute Gasteiger partial charge is 0.397 e. The number of alkyl halides is 4. The summed E-state index contributed by atoms with van der Waals surface area (Å²) in [6, 6.07) is -0.00179. The normalized spacial score (nSPS) is 17.0. The molecule has 1 rings (SSSR count). The summed E-state index contributed by atoms with van der Waals surface area (Å²) >= 11 is 5.49. The maximum absolute atomic E-state index is 12.1. The zero-order chi connectivity index (χ0) is 12.2. The van der Waals surface area contributed by atoms with Gasteiger partial charge in [0.15, 0.2) is 0 Å². The molecule has 1 aliphatic rings. The highest BCUT2D eigenvalue weighted by Crippen LogP contribution is 2.28. The summed E-state index contributed by atoms with van der Waals surface area (Å²) in [6.07, 6.45) is -2.62. The summed E-state index contributed by atoms with van der Waals surface area (Å²) in [6.45, 7) is 0.336. The Morgan fingerprint density at radius 3 is 2.38 bits per heavy atom. The van der Waals surface area contributed by atoms with E-state index in [9.17, 15) is 18.0 Å². The molecule has 16 heavy (non-hydrogen) atoms. The third-order valence-electron chi connectivity index (χ3n) is 2.72. The lowest BCUT2D eigenvalue weighted by atomic mass is 9.91. The molecule has 1 aliphatic carbocycles. The highest BCUT2D eigenvalue weighted by molar-refractivity contribution is 6.17. The van der Waals surface area contributed by atoms with Gasteiger partial charge in [-0.15, -0.1) is 11.6 Å². The van der Waals surface area contributed by atoms with Crippen molar-refractivity contribution in [2.45, 2.75) is 44.3 Å². The summed E-state index contributed by atoms with van der Waals surface area (Å²) in [5.41, 5.74) is 0. The first kappa shape index (κ1) is 13.6. The van der Waals surface area contributed by atoms with E-state index < -0.39 is 18.5 Å². The fraction of sp³-hybridized carbons (Fsp3) is 0.900. The molecule has 6 heteroatoms. The van der Waals surface area contributed by atoms with Gasteiger partial charge in [-0.2, -0.15) is 13.2 Å². The van der Waals surface area contributed by atoms with Gasteiger partial charge in [0, 0.05) is 18.5 Å². The number of carbonyl (C=O) groups excluding carboxylic acids is 1. The maximum atomic E-state index is 12.1. The number of nitrogens with zero attached hydrogens (tertiary/aromatic N) is 1. The Kier molecular flexibility index (Phi) is 4.89. The molecule has 0 aromatic heterocycles. The molecule has 0 aromatic rings. The van der Waals surface area contributed by atoms with Gasteiger partial charge in [-0.25, -0.2) is 0 Å². The summed E-state index contributed by atoms with van der Waals surface area (Å²) in [5.74, 6) is -0.454. The van der Waals surface area contributed by atoms with Crippen LogP contribution in [0.2, 0.25) is 0 Å². The highest BCUT2D eigenvalue weighted by atomic mass is 35.5. The zero-order valence-electron chi connectivity index (χ0n) is 8.89. The minimum absolute atomic E-state index is 0.00179. The van der Waals surface area contributed by atoms with Crippen LogP contribution in [0.1, 0.15) is 32.1 Å². The minimum Gasteiger partial charge on any atom is -0.339 e. The van der Waals surface area contributed by atoms with Crippen LogP contribution in [-0.2, 0) is 4.79 Å². The third kappa shape index (κ3) is 4.20. The van der Waals surface area contributed by atoms with E-state index in [0.717, 1.165) is 19.3 Å². The number of halogens is 4. The molecule has 0 atom stereocenters. The maximum Gasteiger partial charge on any atom is 0.397 e. The second-order valence-electron chi connectivity index (χ2n) is 4.01. The molecule has 0 N–H and O–H groups in total. The van der Waals surface area contributed by atoms with Crippen molar-refractivity contribution in [1.29, 1.82) is 0 Å². The molecule has 0 aliphatic heterocycles. The van der Waals surface area contributed by atoms with Crippen molar-refractivity contribution in [3.05, 3.63) is 0 Å². The Labute approximate surface area is 97.7 Å². The first-order valence-electron chi connectivity index (χ1n) is 5.36. The molecular weight excluding hydrogens is 243 g/mol. The van der Waals surface area contributed by atoms with Gasteiger partial charge < -0.3 is 4.90 Å². The van der Waals surface area contributed by atoms with Crippen molar-refractivity contribution in [3.63, 3.8) is 0 Å². The van der Waals surface area contributed by atoms with Gasteiger partial charge in [0.25, 0.3) is 0 Å². The Morgan fingerprint density at radius 2 is 2.00 bits per heavy atom. The Balaban J connectivity index is 2.50. The van der Waals surface area contributed by atoms with Crippen molar-refractivity contribution in [2.75, 3.05) is 12.4 Å². The molecule has 0 radical (unpaired) electrons. The number of rotatable bonds is 5. The van der Waals surface area contributed by atoms with Crippen molar-refractivity contribution in [3.8, 4) is 0 Å². The van der Waals surface area contributed by atoms with Crippen molar-refractivity contribution in [1.82, 2.24) is 4.90 Å². The quantitative estimate of drug-likeness (QED) is 0.694. The number of hydrogen-bond donors (Lipinski definition) is 0. The predicted molar refractivity (Wildman–Crippen MR) is 55.4 cm³/mol. The predicted octanol–water partition coefficient (Wildman–Crippen LogP) is 2.95. The van der Waals surface area contributed by atoms with E-state index in [2.05, 4.69) is 0 Å². The van der Waals surface area contributed by atoms with E-state index in [0.29, 0.717) is 18.8 Å². The molecule has 0 aromatic carbocycles. The summed E-state index contributed by atoms with van der Waals surface area (Å²) in [4.78, 5) is 12.8. The first-order valence-corrected chi connectivity index (χ1v) is 5.89. The van der Waals surface area contributed by atoms with Crippen LogP contribution in [0.15, 0.2) is 0 Å². The highest BCUT2D eigenvalue weighted by Gasteiger charge is 2.36. The van der Waals surface area contributed by atoms with E-state index in [1.807, 2.05) is 0 Å². The molecule has 1 saturated carbocycles. The summed E-state index contributed by atoms with van der Waals surface area (Å²) in [7, 11) is 0. The second-order valence-corrected chi connectivity index (χ2v) is 4.38. The number of hydrogen-bond acceptors (Lipinski definition) is 1. The molecule has 0 bridgehead atoms. The monoisotopic (exact) mass is 257 g/mol. The summed E-state index contributed by atoms with van der Waals surface area (Å²) < 4.78 is 36.3. The van der Waals surface area contributed by atoms with Crippen molar-refractivity contribution >= 4 is 17.5 Å². The van der Waals surface area contributed by atoms with Crippen molar-refractivity contribution < 1.29 is 18.0 Å². The zero-order valence-corrected chi connectivity index (χ0v) is 9.65. The van der Waals surface area contributed by atoms with Crippen LogP contribution in [0.5, 0.6) is 0 Å². The molecule has 0 heterocycles. The van der Waals surface area contributed by atoms with Gasteiger partial charge in [-0.3, -0.25) is 4.79 Å². The third-order valence-corrected chi connectivity index (χ3v) is 2.99. The van der Waals surface area contributed by atoms with Crippen LogP contribution in [-0.4, -0.2) is 35.4 Å². The standard InChI is InChI=1S/C10H15ClF3NO/c11-5-2-6-15(8-3-1-4-8)9(16)7-10(12,13)14/h8H,1-7H2. The van der Waals surface area contributed by atoms with Gasteiger partial charge in [-0.05, 0) is 25.7 Å². The van der Waals surface area contributed by atoms with Crippen LogP contribution >= 0.6 is 11.6 Å². The molecule has 2 nitrogen and oxygen atoms in total. The number of amides is 1. The van der Waals surface area contributed by atoms with Crippen LogP contribution in [0.4, 0.5) is 13.2 Å². The first-order chi connectivity index (χ1) is 7.44. The fourth-order valence-corrected chi connectivity index (χ4v) is 1.83.